The van der Waals surface area contributed by atoms with Gasteiger partial charge in [0.05, 0.1) is 6.26 Å². The minimum atomic E-state index is 0.495. The lowest BCUT2D eigenvalue weighted by molar-refractivity contribution is 0.338. The number of rotatable bonds is 4. The van der Waals surface area contributed by atoms with Gasteiger partial charge in [-0.05, 0) is 58.5 Å². The van der Waals surface area contributed by atoms with Gasteiger partial charge < -0.3 is 14.6 Å². The van der Waals surface area contributed by atoms with Crippen molar-refractivity contribution in [3.8, 4) is 0 Å². The summed E-state index contributed by atoms with van der Waals surface area (Å²) >= 11 is 0. The lowest BCUT2D eigenvalue weighted by Crippen LogP contribution is -2.38. The van der Waals surface area contributed by atoms with Crippen molar-refractivity contribution in [2.24, 2.45) is 0 Å². The van der Waals surface area contributed by atoms with Gasteiger partial charge in [0, 0.05) is 18.5 Å². The fourth-order valence-electron chi connectivity index (χ4n) is 2.60. The van der Waals surface area contributed by atoms with Crippen molar-refractivity contribution in [1.82, 2.24) is 10.2 Å². The molecule has 96 valence electrons. The van der Waals surface area contributed by atoms with E-state index in [9.17, 15) is 0 Å². The predicted octanol–water partition coefficient (Wildman–Crippen LogP) is 2.28. The number of furan rings is 1. The Morgan fingerprint density at radius 1 is 1.47 bits per heavy atom. The van der Waals surface area contributed by atoms with Crippen LogP contribution in [0.1, 0.15) is 31.9 Å². The van der Waals surface area contributed by atoms with E-state index in [1.165, 1.54) is 32.4 Å². The van der Waals surface area contributed by atoms with Crippen molar-refractivity contribution in [3.05, 3.63) is 24.2 Å². The van der Waals surface area contributed by atoms with Gasteiger partial charge >= 0.3 is 0 Å². The molecule has 2 heterocycles. The highest BCUT2D eigenvalue weighted by Crippen LogP contribution is 2.12. The van der Waals surface area contributed by atoms with Crippen molar-refractivity contribution in [3.63, 3.8) is 0 Å². The second-order valence-corrected chi connectivity index (χ2v) is 5.28. The minimum Gasteiger partial charge on any atom is -0.469 e. The number of hydrogen-bond acceptors (Lipinski definition) is 3. The third kappa shape index (κ3) is 4.17. The number of likely N-dealkylation sites (tertiary alicyclic amines) is 1. The van der Waals surface area contributed by atoms with Gasteiger partial charge in [-0.1, -0.05) is 0 Å². The van der Waals surface area contributed by atoms with Gasteiger partial charge in [-0.2, -0.15) is 0 Å². The average molecular weight is 236 g/mol. The van der Waals surface area contributed by atoms with E-state index in [0.29, 0.717) is 12.1 Å². The molecule has 0 aromatic carbocycles. The summed E-state index contributed by atoms with van der Waals surface area (Å²) < 4.78 is 5.39. The first-order valence-electron chi connectivity index (χ1n) is 6.71. The van der Waals surface area contributed by atoms with E-state index in [2.05, 4.69) is 30.3 Å². The molecule has 2 unspecified atom stereocenters. The molecule has 0 radical (unpaired) electrons. The van der Waals surface area contributed by atoms with Crippen LogP contribution in [0.15, 0.2) is 22.8 Å². The SMILES string of the molecule is CC(Cc1ccco1)NC1CCCN(C)CC1. The maximum absolute atomic E-state index is 5.39. The van der Waals surface area contributed by atoms with Crippen molar-refractivity contribution >= 4 is 0 Å². The number of hydrogen-bond donors (Lipinski definition) is 1. The van der Waals surface area contributed by atoms with Crippen LogP contribution in [0.25, 0.3) is 0 Å². The zero-order valence-corrected chi connectivity index (χ0v) is 11.0. The molecule has 1 aromatic heterocycles. The first-order chi connectivity index (χ1) is 8.24. The quantitative estimate of drug-likeness (QED) is 0.869. The summed E-state index contributed by atoms with van der Waals surface area (Å²) in [6.45, 7) is 4.70. The van der Waals surface area contributed by atoms with E-state index in [-0.39, 0.29) is 0 Å². The summed E-state index contributed by atoms with van der Waals surface area (Å²) in [6.07, 6.45) is 6.61. The fourth-order valence-corrected chi connectivity index (χ4v) is 2.60. The number of nitrogens with zero attached hydrogens (tertiary/aromatic N) is 1. The smallest absolute Gasteiger partial charge is 0.105 e. The molecule has 0 saturated carbocycles. The van der Waals surface area contributed by atoms with Crippen molar-refractivity contribution in [2.75, 3.05) is 20.1 Å². The molecule has 1 N–H and O–H groups in total. The molecule has 2 rings (SSSR count). The van der Waals surface area contributed by atoms with E-state index in [0.717, 1.165) is 12.2 Å². The van der Waals surface area contributed by atoms with Crippen molar-refractivity contribution in [1.29, 1.82) is 0 Å². The topological polar surface area (TPSA) is 28.4 Å². The standard InChI is InChI=1S/C14H24N2O/c1-12(11-14-6-4-10-17-14)15-13-5-3-8-16(2)9-7-13/h4,6,10,12-13,15H,3,5,7-9,11H2,1-2H3. The molecule has 1 saturated heterocycles. The zero-order valence-electron chi connectivity index (χ0n) is 11.0. The molecule has 0 bridgehead atoms. The Kier molecular flexibility index (Phi) is 4.63. The molecule has 1 aliphatic heterocycles. The molecule has 2 atom stereocenters. The summed E-state index contributed by atoms with van der Waals surface area (Å²) in [4.78, 5) is 2.43. The van der Waals surface area contributed by atoms with Gasteiger partial charge in [0.2, 0.25) is 0 Å². The largest absolute Gasteiger partial charge is 0.469 e. The Balaban J connectivity index is 1.75. The van der Waals surface area contributed by atoms with Gasteiger partial charge in [0.25, 0.3) is 0 Å². The maximum atomic E-state index is 5.39. The van der Waals surface area contributed by atoms with Crippen LogP contribution in [-0.2, 0) is 6.42 Å². The van der Waals surface area contributed by atoms with Crippen LogP contribution < -0.4 is 5.32 Å². The highest BCUT2D eigenvalue weighted by atomic mass is 16.3. The third-order valence-electron chi connectivity index (χ3n) is 3.56. The van der Waals surface area contributed by atoms with Crippen LogP contribution in [0.4, 0.5) is 0 Å². The van der Waals surface area contributed by atoms with Crippen molar-refractivity contribution in [2.45, 2.75) is 44.7 Å². The summed E-state index contributed by atoms with van der Waals surface area (Å²) in [5.74, 6) is 1.08. The third-order valence-corrected chi connectivity index (χ3v) is 3.56. The zero-order chi connectivity index (χ0) is 12.1. The molecule has 0 amide bonds. The van der Waals surface area contributed by atoms with E-state index < -0.39 is 0 Å². The van der Waals surface area contributed by atoms with E-state index in [4.69, 9.17) is 4.42 Å². The predicted molar refractivity (Wildman–Crippen MR) is 70.1 cm³/mol. The lowest BCUT2D eigenvalue weighted by Gasteiger charge is -2.21. The fraction of sp³-hybridized carbons (Fsp3) is 0.714. The Morgan fingerprint density at radius 2 is 2.35 bits per heavy atom. The molecule has 1 fully saturated rings. The maximum Gasteiger partial charge on any atom is 0.105 e. The summed E-state index contributed by atoms with van der Waals surface area (Å²) in [5, 5.41) is 3.73. The molecule has 3 heteroatoms. The van der Waals surface area contributed by atoms with E-state index in [1.54, 1.807) is 6.26 Å². The van der Waals surface area contributed by atoms with Crippen LogP contribution in [0.5, 0.6) is 0 Å². The highest BCUT2D eigenvalue weighted by Gasteiger charge is 2.16. The Labute approximate surface area is 104 Å². The highest BCUT2D eigenvalue weighted by molar-refractivity contribution is 5.00. The average Bonchev–Trinajstić information content (AvgIpc) is 2.70. The second-order valence-electron chi connectivity index (χ2n) is 5.28. The molecule has 3 nitrogen and oxygen atoms in total. The van der Waals surface area contributed by atoms with Crippen molar-refractivity contribution < 1.29 is 4.42 Å². The minimum absolute atomic E-state index is 0.495. The molecular formula is C14H24N2O. The van der Waals surface area contributed by atoms with Crippen LogP contribution >= 0.6 is 0 Å². The first kappa shape index (κ1) is 12.7. The van der Waals surface area contributed by atoms with Crippen LogP contribution in [-0.4, -0.2) is 37.1 Å². The van der Waals surface area contributed by atoms with Crippen LogP contribution in [0.2, 0.25) is 0 Å². The molecule has 0 aliphatic carbocycles. The van der Waals surface area contributed by atoms with E-state index >= 15 is 0 Å². The van der Waals surface area contributed by atoms with Crippen LogP contribution in [0.3, 0.4) is 0 Å². The van der Waals surface area contributed by atoms with Crippen LogP contribution in [0, 0.1) is 0 Å². The molecule has 17 heavy (non-hydrogen) atoms. The first-order valence-corrected chi connectivity index (χ1v) is 6.71. The summed E-state index contributed by atoms with van der Waals surface area (Å²) in [5.41, 5.74) is 0. The number of nitrogens with one attached hydrogen (secondary N) is 1. The Bertz CT molecular complexity index is 310. The molecular weight excluding hydrogens is 212 g/mol. The van der Waals surface area contributed by atoms with Gasteiger partial charge in [-0.3, -0.25) is 0 Å². The molecule has 0 spiro atoms. The van der Waals surface area contributed by atoms with Gasteiger partial charge in [-0.15, -0.1) is 0 Å². The summed E-state index contributed by atoms with van der Waals surface area (Å²) in [7, 11) is 2.22. The molecule has 1 aliphatic rings. The lowest BCUT2D eigenvalue weighted by atomic mass is 10.1. The summed E-state index contributed by atoms with van der Waals surface area (Å²) in [6, 6.07) is 5.18. The Morgan fingerprint density at radius 3 is 3.12 bits per heavy atom. The normalized spacial score (nSPS) is 24.5. The molecule has 1 aromatic rings. The second kappa shape index (κ2) is 6.22. The Hall–Kier alpha value is -0.800. The van der Waals surface area contributed by atoms with Gasteiger partial charge in [-0.25, -0.2) is 0 Å². The van der Waals surface area contributed by atoms with E-state index in [1.807, 2.05) is 6.07 Å². The van der Waals surface area contributed by atoms with Gasteiger partial charge in [0.1, 0.15) is 5.76 Å². The van der Waals surface area contributed by atoms with Gasteiger partial charge in [0.15, 0.2) is 0 Å². The monoisotopic (exact) mass is 236 g/mol.